The summed E-state index contributed by atoms with van der Waals surface area (Å²) in [5.74, 6) is 0.186. The molecule has 0 aliphatic rings. The molecule has 1 amide bonds. The Morgan fingerprint density at radius 3 is 2.19 bits per heavy atom. The first-order valence-electron chi connectivity index (χ1n) is 9.82. The number of rotatable bonds is 6. The molecule has 0 aliphatic carbocycles. The van der Waals surface area contributed by atoms with E-state index in [1.165, 1.54) is 0 Å². The number of carbonyl (C=O) groups excluding carboxylic acids is 2. The molecular formula is C25H24ClNO4. The summed E-state index contributed by atoms with van der Waals surface area (Å²) < 4.78 is 11.0. The van der Waals surface area contributed by atoms with Crippen molar-refractivity contribution in [1.29, 1.82) is 0 Å². The number of hydrogen-bond donors (Lipinski definition) is 1. The fourth-order valence-corrected chi connectivity index (χ4v) is 3.05. The third-order valence-electron chi connectivity index (χ3n) is 4.49. The van der Waals surface area contributed by atoms with Crippen molar-refractivity contribution < 1.29 is 19.1 Å². The van der Waals surface area contributed by atoms with Crippen LogP contribution in [-0.4, -0.2) is 18.5 Å². The molecule has 0 saturated carbocycles. The van der Waals surface area contributed by atoms with E-state index in [1.54, 1.807) is 48.5 Å². The lowest BCUT2D eigenvalue weighted by atomic mass is 9.86. The van der Waals surface area contributed by atoms with Gasteiger partial charge in [-0.25, -0.2) is 4.79 Å². The van der Waals surface area contributed by atoms with Gasteiger partial charge < -0.3 is 14.8 Å². The van der Waals surface area contributed by atoms with Crippen LogP contribution >= 0.6 is 11.6 Å². The topological polar surface area (TPSA) is 64.6 Å². The van der Waals surface area contributed by atoms with Crippen molar-refractivity contribution in [3.05, 3.63) is 88.9 Å². The van der Waals surface area contributed by atoms with Gasteiger partial charge in [0.1, 0.15) is 11.5 Å². The van der Waals surface area contributed by atoms with Crippen LogP contribution in [0.15, 0.2) is 72.8 Å². The molecule has 6 heteroatoms. The van der Waals surface area contributed by atoms with E-state index in [4.69, 9.17) is 21.1 Å². The van der Waals surface area contributed by atoms with E-state index in [-0.39, 0.29) is 17.9 Å². The minimum Gasteiger partial charge on any atom is -0.482 e. The van der Waals surface area contributed by atoms with E-state index in [1.807, 2.05) is 24.3 Å². The Morgan fingerprint density at radius 1 is 0.903 bits per heavy atom. The van der Waals surface area contributed by atoms with Crippen LogP contribution in [0.3, 0.4) is 0 Å². The third-order valence-corrected chi connectivity index (χ3v) is 4.74. The van der Waals surface area contributed by atoms with E-state index >= 15 is 0 Å². The summed E-state index contributed by atoms with van der Waals surface area (Å²) in [7, 11) is 0. The van der Waals surface area contributed by atoms with Gasteiger partial charge in [-0.2, -0.15) is 0 Å². The monoisotopic (exact) mass is 437 g/mol. The van der Waals surface area contributed by atoms with Gasteiger partial charge in [0.25, 0.3) is 5.91 Å². The van der Waals surface area contributed by atoms with E-state index < -0.39 is 5.97 Å². The van der Waals surface area contributed by atoms with Crippen LogP contribution in [-0.2, 0) is 10.2 Å². The number of hydrogen-bond acceptors (Lipinski definition) is 4. The van der Waals surface area contributed by atoms with Crippen molar-refractivity contribution in [3.8, 4) is 11.5 Å². The molecule has 0 aliphatic heterocycles. The molecule has 0 unspecified atom stereocenters. The van der Waals surface area contributed by atoms with Crippen molar-refractivity contribution in [2.75, 3.05) is 11.9 Å². The first kappa shape index (κ1) is 22.4. The van der Waals surface area contributed by atoms with Crippen LogP contribution < -0.4 is 14.8 Å². The highest BCUT2D eigenvalue weighted by Gasteiger charge is 2.19. The standard InChI is InChI=1S/C25H24ClNO4/c1-25(2,3)21-6-4-5-7-22(21)30-16-23(28)31-20-14-8-17(9-15-20)24(29)27-19-12-10-18(26)11-13-19/h4-15H,16H2,1-3H3,(H,27,29). The lowest BCUT2D eigenvalue weighted by molar-refractivity contribution is -0.136. The van der Waals surface area contributed by atoms with Gasteiger partial charge in [0.15, 0.2) is 6.61 Å². The van der Waals surface area contributed by atoms with Gasteiger partial charge >= 0.3 is 5.97 Å². The maximum Gasteiger partial charge on any atom is 0.349 e. The largest absolute Gasteiger partial charge is 0.482 e. The lowest BCUT2D eigenvalue weighted by Crippen LogP contribution is -2.20. The smallest absolute Gasteiger partial charge is 0.349 e. The maximum atomic E-state index is 12.3. The van der Waals surface area contributed by atoms with Crippen LogP contribution in [0.5, 0.6) is 11.5 Å². The van der Waals surface area contributed by atoms with Gasteiger partial charge in [0.2, 0.25) is 0 Å². The van der Waals surface area contributed by atoms with E-state index in [0.29, 0.717) is 27.8 Å². The Bertz CT molecular complexity index is 1050. The molecule has 3 aromatic rings. The van der Waals surface area contributed by atoms with Gasteiger partial charge in [-0.05, 0) is 65.6 Å². The molecule has 0 saturated heterocycles. The second-order valence-corrected chi connectivity index (χ2v) is 8.43. The molecule has 1 N–H and O–H groups in total. The Balaban J connectivity index is 1.56. The number of halogens is 1. The van der Waals surface area contributed by atoms with Crippen molar-refractivity contribution in [1.82, 2.24) is 0 Å². The molecule has 0 fully saturated rings. The van der Waals surface area contributed by atoms with Crippen molar-refractivity contribution in [2.45, 2.75) is 26.2 Å². The Labute approximate surface area is 187 Å². The summed E-state index contributed by atoms with van der Waals surface area (Å²) in [6.07, 6.45) is 0. The van der Waals surface area contributed by atoms with Gasteiger partial charge in [-0.3, -0.25) is 4.79 Å². The zero-order valence-electron chi connectivity index (χ0n) is 17.6. The van der Waals surface area contributed by atoms with Crippen LogP contribution in [0.2, 0.25) is 5.02 Å². The maximum absolute atomic E-state index is 12.3. The lowest BCUT2D eigenvalue weighted by Gasteiger charge is -2.22. The Hall–Kier alpha value is -3.31. The summed E-state index contributed by atoms with van der Waals surface area (Å²) in [6.45, 7) is 6.03. The minimum atomic E-state index is -0.526. The number of esters is 1. The molecule has 0 spiro atoms. The van der Waals surface area contributed by atoms with Crippen LogP contribution in [0.4, 0.5) is 5.69 Å². The summed E-state index contributed by atoms with van der Waals surface area (Å²) >= 11 is 5.85. The number of para-hydroxylation sites is 1. The van der Waals surface area contributed by atoms with Gasteiger partial charge in [-0.15, -0.1) is 0 Å². The molecule has 3 rings (SSSR count). The fraction of sp³-hybridized carbons (Fsp3) is 0.200. The number of carbonyl (C=O) groups is 2. The number of nitrogens with one attached hydrogen (secondary N) is 1. The first-order chi connectivity index (χ1) is 14.7. The minimum absolute atomic E-state index is 0.108. The molecule has 3 aromatic carbocycles. The molecule has 0 aromatic heterocycles. The van der Waals surface area contributed by atoms with Crippen LogP contribution in [0.25, 0.3) is 0 Å². The summed E-state index contributed by atoms with van der Waals surface area (Å²) in [4.78, 5) is 24.5. The fourth-order valence-electron chi connectivity index (χ4n) is 2.92. The van der Waals surface area contributed by atoms with Crippen molar-refractivity contribution in [2.24, 2.45) is 0 Å². The van der Waals surface area contributed by atoms with Gasteiger partial charge in [0.05, 0.1) is 0 Å². The number of ether oxygens (including phenoxy) is 2. The predicted molar refractivity (Wildman–Crippen MR) is 122 cm³/mol. The third kappa shape index (κ3) is 6.33. The SMILES string of the molecule is CC(C)(C)c1ccccc1OCC(=O)Oc1ccc(C(=O)Nc2ccc(Cl)cc2)cc1. The highest BCUT2D eigenvalue weighted by Crippen LogP contribution is 2.30. The second-order valence-electron chi connectivity index (χ2n) is 7.99. The first-order valence-corrected chi connectivity index (χ1v) is 10.2. The van der Waals surface area contributed by atoms with Crippen LogP contribution in [0.1, 0.15) is 36.7 Å². The molecule has 160 valence electrons. The van der Waals surface area contributed by atoms with E-state index in [0.717, 1.165) is 5.56 Å². The number of amides is 1. The molecule has 5 nitrogen and oxygen atoms in total. The molecule has 0 atom stereocenters. The quantitative estimate of drug-likeness (QED) is 0.386. The van der Waals surface area contributed by atoms with E-state index in [2.05, 4.69) is 26.1 Å². The molecular weight excluding hydrogens is 414 g/mol. The highest BCUT2D eigenvalue weighted by molar-refractivity contribution is 6.30. The molecule has 31 heavy (non-hydrogen) atoms. The summed E-state index contributed by atoms with van der Waals surface area (Å²) in [5.41, 5.74) is 1.98. The van der Waals surface area contributed by atoms with Crippen molar-refractivity contribution >= 4 is 29.2 Å². The Kier molecular flexibility index (Phi) is 6.98. The molecule has 0 heterocycles. The van der Waals surface area contributed by atoms with Gasteiger partial charge in [-0.1, -0.05) is 50.6 Å². The molecule has 0 radical (unpaired) electrons. The van der Waals surface area contributed by atoms with E-state index in [9.17, 15) is 9.59 Å². The van der Waals surface area contributed by atoms with Crippen molar-refractivity contribution in [3.63, 3.8) is 0 Å². The normalized spacial score (nSPS) is 11.0. The average Bonchev–Trinajstić information content (AvgIpc) is 2.74. The average molecular weight is 438 g/mol. The second kappa shape index (κ2) is 9.67. The zero-order chi connectivity index (χ0) is 22.4. The highest BCUT2D eigenvalue weighted by atomic mass is 35.5. The number of anilines is 1. The predicted octanol–water partition coefficient (Wildman–Crippen LogP) is 5.87. The number of benzene rings is 3. The molecule has 0 bridgehead atoms. The Morgan fingerprint density at radius 2 is 1.55 bits per heavy atom. The zero-order valence-corrected chi connectivity index (χ0v) is 18.4. The summed E-state index contributed by atoms with van der Waals surface area (Å²) in [6, 6.07) is 20.8. The van der Waals surface area contributed by atoms with Gasteiger partial charge in [0, 0.05) is 16.3 Å². The van der Waals surface area contributed by atoms with Crippen LogP contribution in [0, 0.1) is 0 Å². The summed E-state index contributed by atoms with van der Waals surface area (Å²) in [5, 5.41) is 3.37.